The van der Waals surface area contributed by atoms with Gasteiger partial charge in [-0.25, -0.2) is 4.79 Å². The van der Waals surface area contributed by atoms with Gasteiger partial charge in [-0.05, 0) is 73.6 Å². The first kappa shape index (κ1) is 25.0. The first-order valence-electron chi connectivity index (χ1n) is 12.2. The SMILES string of the molecule is CCCCCCC(C)CCCOc1ccc(OC(=O)c2ccc(CCCC)cc2)cc1. The fourth-order valence-electron chi connectivity index (χ4n) is 3.64. The molecule has 3 nitrogen and oxygen atoms in total. The molecule has 0 fully saturated rings. The quantitative estimate of drug-likeness (QED) is 0.165. The van der Waals surface area contributed by atoms with Gasteiger partial charge < -0.3 is 9.47 Å². The summed E-state index contributed by atoms with van der Waals surface area (Å²) in [5.74, 6) is 1.79. The zero-order valence-corrected chi connectivity index (χ0v) is 19.7. The van der Waals surface area contributed by atoms with Crippen molar-refractivity contribution in [1.82, 2.24) is 0 Å². The third kappa shape index (κ3) is 10.0. The zero-order chi connectivity index (χ0) is 22.3. The summed E-state index contributed by atoms with van der Waals surface area (Å²) >= 11 is 0. The molecule has 2 aromatic carbocycles. The van der Waals surface area contributed by atoms with E-state index in [-0.39, 0.29) is 5.97 Å². The molecule has 31 heavy (non-hydrogen) atoms. The highest BCUT2D eigenvalue weighted by molar-refractivity contribution is 5.91. The van der Waals surface area contributed by atoms with Gasteiger partial charge in [0.25, 0.3) is 0 Å². The summed E-state index contributed by atoms with van der Waals surface area (Å²) in [5.41, 5.74) is 1.83. The van der Waals surface area contributed by atoms with Gasteiger partial charge in [0.1, 0.15) is 11.5 Å². The van der Waals surface area contributed by atoms with Gasteiger partial charge in [0.05, 0.1) is 12.2 Å². The largest absolute Gasteiger partial charge is 0.494 e. The van der Waals surface area contributed by atoms with Crippen molar-refractivity contribution < 1.29 is 14.3 Å². The second-order valence-corrected chi connectivity index (χ2v) is 8.61. The number of carbonyl (C=O) groups is 1. The maximum Gasteiger partial charge on any atom is 0.343 e. The third-order valence-electron chi connectivity index (χ3n) is 5.70. The lowest BCUT2D eigenvalue weighted by Crippen LogP contribution is -2.08. The van der Waals surface area contributed by atoms with Gasteiger partial charge in [-0.15, -0.1) is 0 Å². The molecule has 0 aliphatic carbocycles. The molecule has 170 valence electrons. The molecule has 0 N–H and O–H groups in total. The molecule has 0 aromatic heterocycles. The highest BCUT2D eigenvalue weighted by Gasteiger charge is 2.09. The highest BCUT2D eigenvalue weighted by Crippen LogP contribution is 2.20. The van der Waals surface area contributed by atoms with E-state index in [1.165, 1.54) is 50.5 Å². The van der Waals surface area contributed by atoms with E-state index in [1.54, 1.807) is 12.1 Å². The molecule has 1 unspecified atom stereocenters. The lowest BCUT2D eigenvalue weighted by atomic mass is 9.98. The predicted octanol–water partition coefficient (Wildman–Crippen LogP) is 8.01. The molecule has 2 rings (SSSR count). The van der Waals surface area contributed by atoms with Crippen LogP contribution in [0.1, 0.15) is 94.5 Å². The number of rotatable bonds is 15. The molecule has 2 aromatic rings. The maximum absolute atomic E-state index is 12.4. The minimum Gasteiger partial charge on any atom is -0.494 e. The number of carbonyl (C=O) groups excluding carboxylic acids is 1. The van der Waals surface area contributed by atoms with E-state index in [2.05, 4.69) is 20.8 Å². The van der Waals surface area contributed by atoms with Gasteiger partial charge in [-0.1, -0.05) is 71.4 Å². The molecule has 0 aliphatic heterocycles. The molecule has 0 saturated heterocycles. The molecular weight excluding hydrogens is 384 g/mol. The molecule has 1 atom stereocenters. The Bertz CT molecular complexity index is 734. The normalized spacial score (nSPS) is 11.8. The van der Waals surface area contributed by atoms with Crippen LogP contribution in [-0.2, 0) is 6.42 Å². The summed E-state index contributed by atoms with van der Waals surface area (Å²) in [6.07, 6.45) is 12.3. The van der Waals surface area contributed by atoms with Crippen molar-refractivity contribution >= 4 is 5.97 Å². The Kier molecular flexibility index (Phi) is 11.8. The topological polar surface area (TPSA) is 35.5 Å². The summed E-state index contributed by atoms with van der Waals surface area (Å²) < 4.78 is 11.3. The van der Waals surface area contributed by atoms with E-state index in [4.69, 9.17) is 9.47 Å². The van der Waals surface area contributed by atoms with E-state index >= 15 is 0 Å². The van der Waals surface area contributed by atoms with Crippen LogP contribution in [0.4, 0.5) is 0 Å². The van der Waals surface area contributed by atoms with Crippen molar-refractivity contribution in [3.63, 3.8) is 0 Å². The summed E-state index contributed by atoms with van der Waals surface area (Å²) in [6.45, 7) is 7.50. The number of ether oxygens (including phenoxy) is 2. The average Bonchev–Trinajstić information content (AvgIpc) is 2.79. The first-order chi connectivity index (χ1) is 15.1. The summed E-state index contributed by atoms with van der Waals surface area (Å²) in [7, 11) is 0. The molecule has 0 aliphatic rings. The zero-order valence-electron chi connectivity index (χ0n) is 19.7. The Morgan fingerprint density at radius 3 is 2.10 bits per heavy atom. The van der Waals surface area contributed by atoms with Crippen LogP contribution in [0.15, 0.2) is 48.5 Å². The maximum atomic E-state index is 12.4. The van der Waals surface area contributed by atoms with Crippen LogP contribution >= 0.6 is 0 Å². The van der Waals surface area contributed by atoms with Gasteiger partial charge in [-0.2, -0.15) is 0 Å². The van der Waals surface area contributed by atoms with Crippen molar-refractivity contribution in [3.8, 4) is 11.5 Å². The minimum atomic E-state index is -0.330. The predicted molar refractivity (Wildman–Crippen MR) is 129 cm³/mol. The van der Waals surface area contributed by atoms with Crippen LogP contribution in [0.2, 0.25) is 0 Å². The van der Waals surface area contributed by atoms with Gasteiger partial charge in [0, 0.05) is 0 Å². The second-order valence-electron chi connectivity index (χ2n) is 8.61. The summed E-state index contributed by atoms with van der Waals surface area (Å²) in [6, 6.07) is 15.0. The number of hydrogen-bond donors (Lipinski definition) is 0. The lowest BCUT2D eigenvalue weighted by Gasteiger charge is -2.12. The molecule has 0 bridgehead atoms. The van der Waals surface area contributed by atoms with Crippen molar-refractivity contribution in [2.75, 3.05) is 6.61 Å². The van der Waals surface area contributed by atoms with E-state index in [1.807, 2.05) is 36.4 Å². The van der Waals surface area contributed by atoms with Crippen LogP contribution < -0.4 is 9.47 Å². The van der Waals surface area contributed by atoms with E-state index in [0.29, 0.717) is 11.3 Å². The Morgan fingerprint density at radius 1 is 0.774 bits per heavy atom. The van der Waals surface area contributed by atoms with Crippen LogP contribution in [0.25, 0.3) is 0 Å². The van der Waals surface area contributed by atoms with Crippen LogP contribution in [0.3, 0.4) is 0 Å². The Hall–Kier alpha value is -2.29. The van der Waals surface area contributed by atoms with Crippen LogP contribution in [-0.4, -0.2) is 12.6 Å². The first-order valence-corrected chi connectivity index (χ1v) is 12.2. The van der Waals surface area contributed by atoms with Crippen LogP contribution in [0.5, 0.6) is 11.5 Å². The standard InChI is InChI=1S/C28H40O3/c1-4-6-8-9-11-23(3)12-10-22-30-26-18-20-27(21-19-26)31-28(29)25-16-14-24(15-17-25)13-7-5-2/h14-21,23H,4-13,22H2,1-3H3. The minimum absolute atomic E-state index is 0.330. The number of hydrogen-bond acceptors (Lipinski definition) is 3. The Labute approximate surface area is 189 Å². The lowest BCUT2D eigenvalue weighted by molar-refractivity contribution is 0.0734. The number of aryl methyl sites for hydroxylation is 1. The highest BCUT2D eigenvalue weighted by atomic mass is 16.5. The van der Waals surface area contributed by atoms with Gasteiger partial charge in [-0.3, -0.25) is 0 Å². The molecule has 3 heteroatoms. The van der Waals surface area contributed by atoms with E-state index < -0.39 is 0 Å². The molecule has 0 heterocycles. The molecule has 0 saturated carbocycles. The molecule has 0 spiro atoms. The average molecular weight is 425 g/mol. The van der Waals surface area contributed by atoms with Crippen molar-refractivity contribution in [2.24, 2.45) is 5.92 Å². The van der Waals surface area contributed by atoms with Crippen LogP contribution in [0, 0.1) is 5.92 Å². The van der Waals surface area contributed by atoms with E-state index in [9.17, 15) is 4.79 Å². The summed E-state index contributed by atoms with van der Waals surface area (Å²) in [5, 5.41) is 0. The Morgan fingerprint density at radius 2 is 1.42 bits per heavy atom. The smallest absolute Gasteiger partial charge is 0.343 e. The number of unbranched alkanes of at least 4 members (excludes halogenated alkanes) is 4. The van der Waals surface area contributed by atoms with Gasteiger partial charge in [0.15, 0.2) is 0 Å². The van der Waals surface area contributed by atoms with E-state index in [0.717, 1.165) is 37.5 Å². The molecule has 0 radical (unpaired) electrons. The van der Waals surface area contributed by atoms with Gasteiger partial charge in [0.2, 0.25) is 0 Å². The monoisotopic (exact) mass is 424 g/mol. The molecule has 0 amide bonds. The van der Waals surface area contributed by atoms with Gasteiger partial charge >= 0.3 is 5.97 Å². The Balaban J connectivity index is 1.68. The fourth-order valence-corrected chi connectivity index (χ4v) is 3.64. The van der Waals surface area contributed by atoms with Crippen molar-refractivity contribution in [2.45, 2.75) is 85.0 Å². The third-order valence-corrected chi connectivity index (χ3v) is 5.70. The molecular formula is C28H40O3. The van der Waals surface area contributed by atoms with Crippen molar-refractivity contribution in [1.29, 1.82) is 0 Å². The fraction of sp³-hybridized carbons (Fsp3) is 0.536. The number of esters is 1. The summed E-state index contributed by atoms with van der Waals surface area (Å²) in [4.78, 5) is 12.4. The second kappa shape index (κ2) is 14.7. The number of benzene rings is 2. The van der Waals surface area contributed by atoms with Crippen molar-refractivity contribution in [3.05, 3.63) is 59.7 Å².